The minimum absolute atomic E-state index is 0.207. The van der Waals surface area contributed by atoms with E-state index in [0.29, 0.717) is 24.1 Å². The number of hydrogen-bond acceptors (Lipinski definition) is 4. The number of pyridine rings is 1. The Bertz CT molecular complexity index is 1120. The number of carbonyl (C=O) groups excluding carboxylic acids is 1. The summed E-state index contributed by atoms with van der Waals surface area (Å²) < 4.78 is 43.2. The molecule has 0 unspecified atom stereocenters. The van der Waals surface area contributed by atoms with Crippen molar-refractivity contribution in [3.8, 4) is 0 Å². The summed E-state index contributed by atoms with van der Waals surface area (Å²) in [6.45, 7) is 0.801. The Kier molecular flexibility index (Phi) is 4.40. The first-order chi connectivity index (χ1) is 13.0. The van der Waals surface area contributed by atoms with E-state index in [9.17, 15) is 17.6 Å². The fraction of sp³-hybridized carbons (Fsp3) is 0.222. The molecule has 0 spiro atoms. The maximum atomic E-state index is 14.9. The zero-order valence-electron chi connectivity index (χ0n) is 14.3. The number of halogens is 1. The van der Waals surface area contributed by atoms with E-state index < -0.39 is 21.8 Å². The molecule has 1 aliphatic rings. The molecule has 0 bridgehead atoms. The van der Waals surface area contributed by atoms with Crippen LogP contribution in [0.3, 0.4) is 0 Å². The smallest absolute Gasteiger partial charge is 0.301 e. The lowest BCUT2D eigenvalue weighted by Crippen LogP contribution is -2.33. The second-order valence-electron chi connectivity index (χ2n) is 6.31. The van der Waals surface area contributed by atoms with Crippen LogP contribution >= 0.6 is 0 Å². The van der Waals surface area contributed by atoms with Crippen LogP contribution in [0, 0.1) is 5.82 Å². The Morgan fingerprint density at radius 1 is 1.15 bits per heavy atom. The summed E-state index contributed by atoms with van der Waals surface area (Å²) in [5.41, 5.74) is 0.343. The number of nitrogens with zero attached hydrogens (tertiary/aromatic N) is 2. The molecule has 0 saturated carbocycles. The summed E-state index contributed by atoms with van der Waals surface area (Å²) in [5, 5.41) is 0.574. The molecule has 2 aromatic heterocycles. The third-order valence-corrected chi connectivity index (χ3v) is 6.11. The minimum Gasteiger partial charge on any atom is -0.345 e. The third-order valence-electron chi connectivity index (χ3n) is 4.58. The van der Waals surface area contributed by atoms with E-state index in [2.05, 4.69) is 14.7 Å². The van der Waals surface area contributed by atoms with Crippen molar-refractivity contribution in [3.05, 3.63) is 59.7 Å². The van der Waals surface area contributed by atoms with Crippen molar-refractivity contribution in [2.75, 3.05) is 17.8 Å². The highest BCUT2D eigenvalue weighted by Crippen LogP contribution is 2.26. The van der Waals surface area contributed by atoms with E-state index in [4.69, 9.17) is 0 Å². The number of carbonyl (C=O) groups is 1. The van der Waals surface area contributed by atoms with Crippen molar-refractivity contribution in [3.63, 3.8) is 0 Å². The molecule has 1 saturated heterocycles. The van der Waals surface area contributed by atoms with Crippen LogP contribution < -0.4 is 4.72 Å². The van der Waals surface area contributed by atoms with E-state index in [0.717, 1.165) is 12.8 Å². The summed E-state index contributed by atoms with van der Waals surface area (Å²) in [7, 11) is -3.85. The molecule has 0 amide bonds. The van der Waals surface area contributed by atoms with Gasteiger partial charge in [0.2, 0.25) is 0 Å². The molecule has 1 fully saturated rings. The van der Waals surface area contributed by atoms with Crippen LogP contribution in [0.5, 0.6) is 0 Å². The number of anilines is 1. The van der Waals surface area contributed by atoms with Crippen molar-refractivity contribution in [1.82, 2.24) is 14.3 Å². The van der Waals surface area contributed by atoms with Gasteiger partial charge >= 0.3 is 10.2 Å². The topological polar surface area (TPSA) is 95.2 Å². The summed E-state index contributed by atoms with van der Waals surface area (Å²) in [4.78, 5) is 19.8. The Morgan fingerprint density at radius 3 is 2.70 bits per heavy atom. The predicted octanol–water partition coefficient (Wildman–Crippen LogP) is 2.69. The van der Waals surface area contributed by atoms with E-state index >= 15 is 0 Å². The monoisotopic (exact) mass is 388 g/mol. The van der Waals surface area contributed by atoms with Gasteiger partial charge in [-0.3, -0.25) is 9.52 Å². The van der Waals surface area contributed by atoms with Gasteiger partial charge in [0.25, 0.3) is 0 Å². The van der Waals surface area contributed by atoms with Crippen LogP contribution in [0.15, 0.2) is 42.7 Å². The summed E-state index contributed by atoms with van der Waals surface area (Å²) in [6, 6.07) is 7.48. The van der Waals surface area contributed by atoms with Gasteiger partial charge in [-0.05, 0) is 37.1 Å². The number of benzene rings is 1. The average molecular weight is 388 g/mol. The van der Waals surface area contributed by atoms with Gasteiger partial charge in [0.05, 0.1) is 11.3 Å². The van der Waals surface area contributed by atoms with Crippen LogP contribution in [0.4, 0.5) is 10.1 Å². The van der Waals surface area contributed by atoms with Gasteiger partial charge in [-0.1, -0.05) is 6.07 Å². The molecule has 2 N–H and O–H groups in total. The Hall–Kier alpha value is -2.78. The molecular weight excluding hydrogens is 371 g/mol. The number of aromatic amines is 1. The third kappa shape index (κ3) is 3.19. The standard InChI is InChI=1S/C18H17FN4O3S/c19-16-13(17(24)14-11-21-18-12(14)6-4-8-20-18)5-3-7-15(16)22-27(25,26)23-9-1-2-10-23/h3-8,11,22H,1-2,9-10H2,(H,20,21). The fourth-order valence-corrected chi connectivity index (χ4v) is 4.51. The van der Waals surface area contributed by atoms with Gasteiger partial charge < -0.3 is 4.98 Å². The molecular formula is C18H17FN4O3S. The first kappa shape index (κ1) is 17.6. The molecule has 9 heteroatoms. The van der Waals surface area contributed by atoms with Crippen LogP contribution in [0.25, 0.3) is 11.0 Å². The minimum atomic E-state index is -3.85. The molecule has 0 radical (unpaired) electrons. The average Bonchev–Trinajstić information content (AvgIpc) is 3.33. The molecule has 140 valence electrons. The van der Waals surface area contributed by atoms with Crippen molar-refractivity contribution >= 4 is 32.7 Å². The van der Waals surface area contributed by atoms with E-state index in [1.807, 2.05) is 0 Å². The van der Waals surface area contributed by atoms with Crippen LogP contribution in [0.1, 0.15) is 28.8 Å². The number of ketones is 1. The fourth-order valence-electron chi connectivity index (χ4n) is 3.21. The van der Waals surface area contributed by atoms with Crippen molar-refractivity contribution in [2.24, 2.45) is 0 Å². The van der Waals surface area contributed by atoms with Crippen molar-refractivity contribution in [1.29, 1.82) is 0 Å². The highest BCUT2D eigenvalue weighted by atomic mass is 32.2. The molecule has 0 aliphatic carbocycles. The second-order valence-corrected chi connectivity index (χ2v) is 7.98. The number of rotatable bonds is 5. The first-order valence-corrected chi connectivity index (χ1v) is 9.94. The largest absolute Gasteiger partial charge is 0.345 e. The number of aromatic nitrogens is 2. The lowest BCUT2D eigenvalue weighted by Gasteiger charge is -2.17. The van der Waals surface area contributed by atoms with Crippen LogP contribution in [-0.2, 0) is 10.2 Å². The van der Waals surface area contributed by atoms with Crippen LogP contribution in [-0.4, -0.2) is 41.6 Å². The molecule has 1 aromatic carbocycles. The van der Waals surface area contributed by atoms with Crippen molar-refractivity contribution < 1.29 is 17.6 Å². The number of fused-ring (bicyclic) bond motifs is 1. The Balaban J connectivity index is 1.68. The normalized spacial score (nSPS) is 15.3. The lowest BCUT2D eigenvalue weighted by atomic mass is 10.0. The summed E-state index contributed by atoms with van der Waals surface area (Å²) in [6.07, 6.45) is 4.61. The zero-order chi connectivity index (χ0) is 19.0. The first-order valence-electron chi connectivity index (χ1n) is 8.50. The molecule has 3 heterocycles. The maximum absolute atomic E-state index is 14.9. The Morgan fingerprint density at radius 2 is 1.93 bits per heavy atom. The predicted molar refractivity (Wildman–Crippen MR) is 99.3 cm³/mol. The zero-order valence-corrected chi connectivity index (χ0v) is 15.1. The molecule has 1 aliphatic heterocycles. The van der Waals surface area contributed by atoms with Crippen LogP contribution in [0.2, 0.25) is 0 Å². The lowest BCUT2D eigenvalue weighted by molar-refractivity contribution is 0.103. The van der Waals surface area contributed by atoms with Gasteiger partial charge in [-0.15, -0.1) is 0 Å². The van der Waals surface area contributed by atoms with Gasteiger partial charge in [0.15, 0.2) is 11.6 Å². The number of nitrogens with one attached hydrogen (secondary N) is 2. The highest BCUT2D eigenvalue weighted by molar-refractivity contribution is 7.90. The summed E-state index contributed by atoms with van der Waals surface area (Å²) >= 11 is 0. The van der Waals surface area contributed by atoms with Gasteiger partial charge in [-0.2, -0.15) is 12.7 Å². The van der Waals surface area contributed by atoms with Crippen molar-refractivity contribution in [2.45, 2.75) is 12.8 Å². The molecule has 0 atom stereocenters. The molecule has 27 heavy (non-hydrogen) atoms. The van der Waals surface area contributed by atoms with Gasteiger partial charge in [-0.25, -0.2) is 9.37 Å². The Labute approximate surface area is 155 Å². The second kappa shape index (κ2) is 6.75. The number of H-pyrrole nitrogens is 1. The quantitative estimate of drug-likeness (QED) is 0.657. The number of hydrogen-bond donors (Lipinski definition) is 2. The van der Waals surface area contributed by atoms with E-state index in [1.165, 1.54) is 28.7 Å². The SMILES string of the molecule is O=C(c1cccc(NS(=O)(=O)N2CCCC2)c1F)c1c[nH]c2ncccc12. The molecule has 3 aromatic rings. The maximum Gasteiger partial charge on any atom is 0.301 e. The summed E-state index contributed by atoms with van der Waals surface area (Å²) in [5.74, 6) is -1.45. The molecule has 7 nitrogen and oxygen atoms in total. The van der Waals surface area contributed by atoms with Gasteiger partial charge in [0.1, 0.15) is 5.65 Å². The highest BCUT2D eigenvalue weighted by Gasteiger charge is 2.27. The molecule has 4 rings (SSSR count). The van der Waals surface area contributed by atoms with E-state index in [1.54, 1.807) is 18.3 Å². The van der Waals surface area contributed by atoms with Gasteiger partial charge in [0, 0.05) is 36.4 Å². The van der Waals surface area contributed by atoms with E-state index in [-0.39, 0.29) is 16.8 Å².